The molecule has 0 unspecified atom stereocenters. The molecule has 29 heavy (non-hydrogen) atoms. The van der Waals surface area contributed by atoms with Crippen molar-refractivity contribution in [3.05, 3.63) is 65.7 Å². The van der Waals surface area contributed by atoms with Crippen molar-refractivity contribution in [1.82, 2.24) is 4.90 Å². The van der Waals surface area contributed by atoms with Gasteiger partial charge in [-0.2, -0.15) is 0 Å². The van der Waals surface area contributed by atoms with E-state index in [1.54, 1.807) is 18.9 Å². The molecule has 0 aliphatic heterocycles. The van der Waals surface area contributed by atoms with Gasteiger partial charge in [-0.25, -0.2) is 0 Å². The third kappa shape index (κ3) is 6.77. The number of carbonyl (C=O) groups excluding carboxylic acids is 1. The molecule has 1 amide bonds. The SMILES string of the molecule is C=C(C)C(=O)N(C)CCOc1ccc(-c2ccc(CCCCC)cc2)c(CC)c1. The molecular weight excluding hydrogens is 358 g/mol. The molecule has 156 valence electrons. The summed E-state index contributed by atoms with van der Waals surface area (Å²) in [5, 5.41) is 0. The molecule has 2 aromatic carbocycles. The summed E-state index contributed by atoms with van der Waals surface area (Å²) >= 11 is 0. The van der Waals surface area contributed by atoms with Crippen molar-refractivity contribution in [2.75, 3.05) is 20.2 Å². The van der Waals surface area contributed by atoms with E-state index < -0.39 is 0 Å². The van der Waals surface area contributed by atoms with E-state index in [4.69, 9.17) is 4.74 Å². The van der Waals surface area contributed by atoms with Crippen molar-refractivity contribution in [3.8, 4) is 16.9 Å². The second-order valence-electron chi connectivity index (χ2n) is 7.68. The second-order valence-corrected chi connectivity index (χ2v) is 7.68. The van der Waals surface area contributed by atoms with Gasteiger partial charge in [0.2, 0.25) is 5.91 Å². The summed E-state index contributed by atoms with van der Waals surface area (Å²) in [6.45, 7) is 10.8. The zero-order chi connectivity index (χ0) is 21.2. The zero-order valence-corrected chi connectivity index (χ0v) is 18.5. The molecule has 0 aliphatic carbocycles. The maximum absolute atomic E-state index is 11.9. The van der Waals surface area contributed by atoms with Gasteiger partial charge >= 0.3 is 0 Å². The van der Waals surface area contributed by atoms with Crippen molar-refractivity contribution in [2.45, 2.75) is 52.9 Å². The molecule has 0 aliphatic rings. The fourth-order valence-electron chi connectivity index (χ4n) is 3.39. The van der Waals surface area contributed by atoms with Gasteiger partial charge in [0.1, 0.15) is 12.4 Å². The Balaban J connectivity index is 2.01. The van der Waals surface area contributed by atoms with E-state index in [0.717, 1.165) is 18.6 Å². The maximum Gasteiger partial charge on any atom is 0.248 e. The van der Waals surface area contributed by atoms with Gasteiger partial charge in [-0.1, -0.05) is 63.6 Å². The van der Waals surface area contributed by atoms with Crippen LogP contribution in [0.3, 0.4) is 0 Å². The fraction of sp³-hybridized carbons (Fsp3) is 0.423. The van der Waals surface area contributed by atoms with Gasteiger partial charge in [0.25, 0.3) is 0 Å². The summed E-state index contributed by atoms with van der Waals surface area (Å²) < 4.78 is 5.89. The Labute approximate surface area is 176 Å². The predicted molar refractivity (Wildman–Crippen MR) is 122 cm³/mol. The third-order valence-electron chi connectivity index (χ3n) is 5.20. The highest BCUT2D eigenvalue weighted by atomic mass is 16.5. The summed E-state index contributed by atoms with van der Waals surface area (Å²) in [4.78, 5) is 13.5. The van der Waals surface area contributed by atoms with Crippen LogP contribution in [0, 0.1) is 0 Å². The van der Waals surface area contributed by atoms with E-state index in [-0.39, 0.29) is 5.91 Å². The van der Waals surface area contributed by atoms with Crippen LogP contribution in [0.5, 0.6) is 5.75 Å². The van der Waals surface area contributed by atoms with Crippen molar-refractivity contribution in [1.29, 1.82) is 0 Å². The Morgan fingerprint density at radius 2 is 1.79 bits per heavy atom. The van der Waals surface area contributed by atoms with Gasteiger partial charge in [-0.3, -0.25) is 4.79 Å². The molecule has 2 aromatic rings. The molecule has 3 nitrogen and oxygen atoms in total. The molecule has 0 fully saturated rings. The van der Waals surface area contributed by atoms with E-state index in [1.165, 1.54) is 41.5 Å². The Kier molecular flexibility index (Phi) is 8.98. The number of carbonyl (C=O) groups is 1. The van der Waals surface area contributed by atoms with Gasteiger partial charge in [0.15, 0.2) is 0 Å². The number of nitrogens with zero attached hydrogens (tertiary/aromatic N) is 1. The van der Waals surface area contributed by atoms with Crippen LogP contribution in [0.15, 0.2) is 54.6 Å². The number of hydrogen-bond acceptors (Lipinski definition) is 2. The largest absolute Gasteiger partial charge is 0.492 e. The molecule has 0 spiro atoms. The van der Waals surface area contributed by atoms with Crippen LogP contribution in [0.4, 0.5) is 0 Å². The zero-order valence-electron chi connectivity index (χ0n) is 18.5. The van der Waals surface area contributed by atoms with E-state index in [2.05, 4.69) is 56.8 Å². The first-order valence-electron chi connectivity index (χ1n) is 10.7. The fourth-order valence-corrected chi connectivity index (χ4v) is 3.39. The van der Waals surface area contributed by atoms with Crippen LogP contribution in [0.25, 0.3) is 11.1 Å². The van der Waals surface area contributed by atoms with Crippen LogP contribution in [0.1, 0.15) is 51.2 Å². The minimum atomic E-state index is -0.0451. The Morgan fingerprint density at radius 3 is 2.41 bits per heavy atom. The standard InChI is InChI=1S/C26H35NO2/c1-6-8-9-10-21-11-13-23(14-12-21)25-16-15-24(19-22(25)7-2)29-18-17-27(5)26(28)20(3)4/h11-16,19H,3,6-10,17-18H2,1-2,4-5H3. The van der Waals surface area contributed by atoms with Crippen LogP contribution in [-0.2, 0) is 17.6 Å². The quantitative estimate of drug-likeness (QED) is 0.343. The number of hydrogen-bond donors (Lipinski definition) is 0. The number of ether oxygens (including phenoxy) is 1. The summed E-state index contributed by atoms with van der Waals surface area (Å²) in [6.07, 6.45) is 5.91. The van der Waals surface area contributed by atoms with Gasteiger partial charge in [-0.15, -0.1) is 0 Å². The first-order valence-corrected chi connectivity index (χ1v) is 10.7. The average Bonchev–Trinajstić information content (AvgIpc) is 2.73. The second kappa shape index (κ2) is 11.5. The van der Waals surface area contributed by atoms with Gasteiger partial charge in [-0.05, 0) is 60.6 Å². The van der Waals surface area contributed by atoms with E-state index in [0.29, 0.717) is 18.7 Å². The Bertz CT molecular complexity index is 808. The molecule has 0 atom stereocenters. The first kappa shape index (κ1) is 22.7. The average molecular weight is 394 g/mol. The summed E-state index contributed by atoms with van der Waals surface area (Å²) in [6, 6.07) is 15.2. The first-order chi connectivity index (χ1) is 14.0. The highest BCUT2D eigenvalue weighted by molar-refractivity contribution is 5.91. The smallest absolute Gasteiger partial charge is 0.248 e. The van der Waals surface area contributed by atoms with Crippen molar-refractivity contribution < 1.29 is 9.53 Å². The number of benzene rings is 2. The molecule has 3 heteroatoms. The number of aryl methyl sites for hydroxylation is 2. The molecule has 0 saturated heterocycles. The minimum absolute atomic E-state index is 0.0451. The molecule has 0 heterocycles. The van der Waals surface area contributed by atoms with E-state index >= 15 is 0 Å². The van der Waals surface area contributed by atoms with Crippen molar-refractivity contribution in [2.24, 2.45) is 0 Å². The lowest BCUT2D eigenvalue weighted by Crippen LogP contribution is -2.31. The van der Waals surface area contributed by atoms with Crippen LogP contribution < -0.4 is 4.74 Å². The van der Waals surface area contributed by atoms with Crippen LogP contribution in [0.2, 0.25) is 0 Å². The molecule has 0 N–H and O–H groups in total. The highest BCUT2D eigenvalue weighted by Gasteiger charge is 2.10. The van der Waals surface area contributed by atoms with Crippen molar-refractivity contribution in [3.63, 3.8) is 0 Å². The summed E-state index contributed by atoms with van der Waals surface area (Å²) in [5.74, 6) is 0.800. The lowest BCUT2D eigenvalue weighted by atomic mass is 9.96. The molecule has 2 rings (SSSR count). The van der Waals surface area contributed by atoms with Gasteiger partial charge in [0.05, 0.1) is 6.54 Å². The minimum Gasteiger partial charge on any atom is -0.492 e. The molecule has 0 radical (unpaired) electrons. The highest BCUT2D eigenvalue weighted by Crippen LogP contribution is 2.28. The molecular formula is C26H35NO2. The number of likely N-dealkylation sites (N-methyl/N-ethyl adjacent to an activating group) is 1. The molecule has 0 bridgehead atoms. The van der Waals surface area contributed by atoms with Crippen molar-refractivity contribution >= 4 is 5.91 Å². The lowest BCUT2D eigenvalue weighted by Gasteiger charge is -2.18. The number of unbranched alkanes of at least 4 members (excludes halogenated alkanes) is 2. The number of rotatable bonds is 11. The van der Waals surface area contributed by atoms with E-state index in [9.17, 15) is 4.79 Å². The predicted octanol–water partition coefficient (Wildman–Crippen LogP) is 6.06. The summed E-state index contributed by atoms with van der Waals surface area (Å²) in [7, 11) is 1.77. The summed E-state index contributed by atoms with van der Waals surface area (Å²) in [5.41, 5.74) is 5.73. The third-order valence-corrected chi connectivity index (χ3v) is 5.20. The molecule has 0 aromatic heterocycles. The van der Waals surface area contributed by atoms with Crippen LogP contribution >= 0.6 is 0 Å². The number of amides is 1. The molecule has 0 saturated carbocycles. The van der Waals surface area contributed by atoms with E-state index in [1.807, 2.05) is 6.07 Å². The topological polar surface area (TPSA) is 29.5 Å². The van der Waals surface area contributed by atoms with Crippen LogP contribution in [-0.4, -0.2) is 31.0 Å². The Hall–Kier alpha value is -2.55. The maximum atomic E-state index is 11.9. The lowest BCUT2D eigenvalue weighted by molar-refractivity contribution is -0.126. The van der Waals surface area contributed by atoms with Gasteiger partial charge < -0.3 is 9.64 Å². The normalized spacial score (nSPS) is 10.6. The van der Waals surface area contributed by atoms with Gasteiger partial charge in [0, 0.05) is 12.6 Å². The Morgan fingerprint density at radius 1 is 1.07 bits per heavy atom. The monoisotopic (exact) mass is 393 g/mol.